The standard InChI is InChI=1S/C11H13NO2/c1-2-14-11(13)10-6-9(10)8-4-3-5-12-7-8/h3-5,7,9-10H,2,6H2,1H3/t9-,10-/m0/s1. The number of nitrogens with zero attached hydrogens (tertiary/aromatic N) is 1. The van der Waals surface area contributed by atoms with Gasteiger partial charge < -0.3 is 4.74 Å². The Morgan fingerprint density at radius 2 is 2.57 bits per heavy atom. The Morgan fingerprint density at radius 1 is 1.71 bits per heavy atom. The second kappa shape index (κ2) is 3.78. The second-order valence-corrected chi connectivity index (χ2v) is 3.49. The second-order valence-electron chi connectivity index (χ2n) is 3.49. The summed E-state index contributed by atoms with van der Waals surface area (Å²) >= 11 is 0. The highest BCUT2D eigenvalue weighted by Gasteiger charge is 2.45. The summed E-state index contributed by atoms with van der Waals surface area (Å²) in [5, 5.41) is 0. The molecule has 0 aromatic carbocycles. The lowest BCUT2D eigenvalue weighted by atomic mass is 10.1. The van der Waals surface area contributed by atoms with Crippen LogP contribution in [0.3, 0.4) is 0 Å². The van der Waals surface area contributed by atoms with Gasteiger partial charge in [-0.05, 0) is 30.9 Å². The number of hydrogen-bond acceptors (Lipinski definition) is 3. The van der Waals surface area contributed by atoms with Crippen LogP contribution < -0.4 is 0 Å². The van der Waals surface area contributed by atoms with Gasteiger partial charge in [0.15, 0.2) is 0 Å². The number of pyridine rings is 1. The van der Waals surface area contributed by atoms with Crippen LogP contribution in [0.5, 0.6) is 0 Å². The number of carbonyl (C=O) groups is 1. The van der Waals surface area contributed by atoms with Crippen molar-refractivity contribution < 1.29 is 9.53 Å². The predicted molar refractivity (Wildman–Crippen MR) is 51.7 cm³/mol. The zero-order chi connectivity index (χ0) is 9.97. The molecule has 0 amide bonds. The molecule has 1 heterocycles. The van der Waals surface area contributed by atoms with E-state index in [-0.39, 0.29) is 11.9 Å². The first kappa shape index (κ1) is 9.19. The summed E-state index contributed by atoms with van der Waals surface area (Å²) in [5.74, 6) is 0.336. The molecule has 1 aliphatic rings. The zero-order valence-electron chi connectivity index (χ0n) is 8.14. The van der Waals surface area contributed by atoms with E-state index in [1.165, 1.54) is 0 Å². The lowest BCUT2D eigenvalue weighted by molar-refractivity contribution is -0.144. The highest BCUT2D eigenvalue weighted by Crippen LogP contribution is 2.47. The van der Waals surface area contributed by atoms with E-state index in [0.29, 0.717) is 12.5 Å². The van der Waals surface area contributed by atoms with Gasteiger partial charge in [-0.25, -0.2) is 0 Å². The molecule has 0 aliphatic heterocycles. The van der Waals surface area contributed by atoms with Crippen molar-refractivity contribution in [3.8, 4) is 0 Å². The third-order valence-electron chi connectivity index (χ3n) is 2.49. The number of rotatable bonds is 3. The van der Waals surface area contributed by atoms with Gasteiger partial charge in [0.05, 0.1) is 12.5 Å². The fourth-order valence-corrected chi connectivity index (χ4v) is 1.67. The van der Waals surface area contributed by atoms with Gasteiger partial charge in [0.1, 0.15) is 0 Å². The highest BCUT2D eigenvalue weighted by molar-refractivity contribution is 5.77. The van der Waals surface area contributed by atoms with Crippen molar-refractivity contribution in [1.29, 1.82) is 0 Å². The normalized spacial score (nSPS) is 24.4. The molecule has 3 heteroatoms. The van der Waals surface area contributed by atoms with Crippen LogP contribution in [0.25, 0.3) is 0 Å². The minimum atomic E-state index is -0.0682. The average Bonchev–Trinajstić information content (AvgIpc) is 2.99. The summed E-state index contributed by atoms with van der Waals surface area (Å²) < 4.78 is 4.96. The molecule has 1 aliphatic carbocycles. The third-order valence-corrected chi connectivity index (χ3v) is 2.49. The van der Waals surface area contributed by atoms with Crippen molar-refractivity contribution >= 4 is 5.97 Å². The van der Waals surface area contributed by atoms with E-state index in [4.69, 9.17) is 4.74 Å². The maximum absolute atomic E-state index is 11.3. The lowest BCUT2D eigenvalue weighted by Gasteiger charge is -2.00. The Hall–Kier alpha value is -1.38. The minimum Gasteiger partial charge on any atom is -0.466 e. The van der Waals surface area contributed by atoms with Crippen molar-refractivity contribution in [2.45, 2.75) is 19.3 Å². The van der Waals surface area contributed by atoms with Crippen LogP contribution in [0.4, 0.5) is 0 Å². The van der Waals surface area contributed by atoms with Gasteiger partial charge in [-0.2, -0.15) is 0 Å². The molecule has 0 unspecified atom stereocenters. The van der Waals surface area contributed by atoms with Crippen LogP contribution in [0.1, 0.15) is 24.8 Å². The van der Waals surface area contributed by atoms with Gasteiger partial charge >= 0.3 is 5.97 Å². The molecule has 1 fully saturated rings. The van der Waals surface area contributed by atoms with Gasteiger partial charge in [0.2, 0.25) is 0 Å². The molecule has 0 bridgehead atoms. The summed E-state index contributed by atoms with van der Waals surface area (Å²) in [6, 6.07) is 3.91. The molecule has 2 rings (SSSR count). The fourth-order valence-electron chi connectivity index (χ4n) is 1.67. The molecule has 3 nitrogen and oxygen atoms in total. The van der Waals surface area contributed by atoms with E-state index in [0.717, 1.165) is 12.0 Å². The number of carbonyl (C=O) groups excluding carboxylic acids is 1. The van der Waals surface area contributed by atoms with Crippen molar-refractivity contribution in [3.63, 3.8) is 0 Å². The number of hydrogen-bond donors (Lipinski definition) is 0. The van der Waals surface area contributed by atoms with Gasteiger partial charge in [0.25, 0.3) is 0 Å². The van der Waals surface area contributed by atoms with Gasteiger partial charge in [-0.1, -0.05) is 6.07 Å². The number of ether oxygens (including phenoxy) is 1. The van der Waals surface area contributed by atoms with E-state index < -0.39 is 0 Å². The van der Waals surface area contributed by atoms with Crippen molar-refractivity contribution in [3.05, 3.63) is 30.1 Å². The summed E-state index contributed by atoms with van der Waals surface area (Å²) in [6.45, 7) is 2.30. The van der Waals surface area contributed by atoms with Gasteiger partial charge in [-0.3, -0.25) is 9.78 Å². The van der Waals surface area contributed by atoms with Crippen LogP contribution >= 0.6 is 0 Å². The fraction of sp³-hybridized carbons (Fsp3) is 0.455. The molecule has 0 saturated heterocycles. The maximum Gasteiger partial charge on any atom is 0.309 e. The van der Waals surface area contributed by atoms with E-state index in [1.54, 1.807) is 6.20 Å². The van der Waals surface area contributed by atoms with Crippen molar-refractivity contribution in [1.82, 2.24) is 4.98 Å². The molecule has 74 valence electrons. The smallest absolute Gasteiger partial charge is 0.309 e. The zero-order valence-corrected chi connectivity index (χ0v) is 8.14. The van der Waals surface area contributed by atoms with Crippen molar-refractivity contribution in [2.75, 3.05) is 6.61 Å². The van der Waals surface area contributed by atoms with Crippen LogP contribution in [-0.2, 0) is 9.53 Å². The molecule has 1 aromatic heterocycles. The van der Waals surface area contributed by atoms with Crippen LogP contribution in [-0.4, -0.2) is 17.6 Å². The molecular formula is C11H13NO2. The Labute approximate surface area is 83.1 Å². The quantitative estimate of drug-likeness (QED) is 0.683. The predicted octanol–water partition coefficient (Wildman–Crippen LogP) is 1.75. The summed E-state index contributed by atoms with van der Waals surface area (Å²) in [7, 11) is 0. The van der Waals surface area contributed by atoms with E-state index >= 15 is 0 Å². The molecular weight excluding hydrogens is 178 g/mol. The Kier molecular flexibility index (Phi) is 2.48. The van der Waals surface area contributed by atoms with E-state index in [1.807, 2.05) is 25.3 Å². The van der Waals surface area contributed by atoms with E-state index in [2.05, 4.69) is 4.98 Å². The topological polar surface area (TPSA) is 39.2 Å². The lowest BCUT2D eigenvalue weighted by Crippen LogP contribution is -2.07. The number of esters is 1. The molecule has 1 saturated carbocycles. The Bertz CT molecular complexity index is 323. The maximum atomic E-state index is 11.3. The van der Waals surface area contributed by atoms with Crippen LogP contribution in [0.2, 0.25) is 0 Å². The SMILES string of the molecule is CCOC(=O)[C@H]1C[C@H]1c1cccnc1. The van der Waals surface area contributed by atoms with Gasteiger partial charge in [0, 0.05) is 12.4 Å². The Morgan fingerprint density at radius 3 is 3.21 bits per heavy atom. The third kappa shape index (κ3) is 1.76. The monoisotopic (exact) mass is 191 g/mol. The first-order chi connectivity index (χ1) is 6.83. The van der Waals surface area contributed by atoms with Gasteiger partial charge in [-0.15, -0.1) is 0 Å². The average molecular weight is 191 g/mol. The molecule has 0 spiro atoms. The van der Waals surface area contributed by atoms with Crippen LogP contribution in [0, 0.1) is 5.92 Å². The highest BCUT2D eigenvalue weighted by atomic mass is 16.5. The molecule has 0 N–H and O–H groups in total. The van der Waals surface area contributed by atoms with Crippen LogP contribution in [0.15, 0.2) is 24.5 Å². The first-order valence-electron chi connectivity index (χ1n) is 4.89. The summed E-state index contributed by atoms with van der Waals surface area (Å²) in [5.41, 5.74) is 1.14. The molecule has 0 radical (unpaired) electrons. The molecule has 1 aromatic rings. The molecule has 2 atom stereocenters. The number of aromatic nitrogens is 1. The molecule has 14 heavy (non-hydrogen) atoms. The summed E-state index contributed by atoms with van der Waals surface area (Å²) in [6.07, 6.45) is 4.47. The minimum absolute atomic E-state index is 0.0682. The van der Waals surface area contributed by atoms with E-state index in [9.17, 15) is 4.79 Å². The first-order valence-corrected chi connectivity index (χ1v) is 4.89. The summed E-state index contributed by atoms with van der Waals surface area (Å²) in [4.78, 5) is 15.4. The largest absolute Gasteiger partial charge is 0.466 e. The Balaban J connectivity index is 1.96. The van der Waals surface area contributed by atoms with Crippen molar-refractivity contribution in [2.24, 2.45) is 5.92 Å².